The molecule has 0 spiro atoms. The SMILES string of the molecule is c1ccc(-c2cccc3c2oc2cccc(N(c4cccc(-c5cccc6ccccc56)c4)c4cc5ccccc5c5ccccc45)c23)cc1. The lowest BCUT2D eigenvalue weighted by Crippen LogP contribution is -2.11. The summed E-state index contributed by atoms with van der Waals surface area (Å²) in [6, 6.07) is 67.4. The van der Waals surface area contributed by atoms with Gasteiger partial charge in [0.05, 0.1) is 16.8 Å². The number of furan rings is 1. The van der Waals surface area contributed by atoms with E-state index in [-0.39, 0.29) is 0 Å². The summed E-state index contributed by atoms with van der Waals surface area (Å²) < 4.78 is 6.77. The van der Waals surface area contributed by atoms with Crippen LogP contribution in [0, 0.1) is 0 Å². The van der Waals surface area contributed by atoms with Gasteiger partial charge in [0.2, 0.25) is 0 Å². The van der Waals surface area contributed by atoms with Crippen molar-refractivity contribution in [1.82, 2.24) is 0 Å². The molecule has 2 nitrogen and oxygen atoms in total. The molecule has 0 atom stereocenters. The lowest BCUT2D eigenvalue weighted by molar-refractivity contribution is 0.670. The predicted molar refractivity (Wildman–Crippen MR) is 212 cm³/mol. The maximum Gasteiger partial charge on any atom is 0.143 e. The second kappa shape index (κ2) is 11.5. The van der Waals surface area contributed by atoms with E-state index in [1.807, 2.05) is 0 Å². The van der Waals surface area contributed by atoms with Crippen LogP contribution in [0.5, 0.6) is 0 Å². The molecule has 0 aliphatic carbocycles. The lowest BCUT2D eigenvalue weighted by atomic mass is 9.96. The minimum atomic E-state index is 0.862. The largest absolute Gasteiger partial charge is 0.455 e. The molecule has 0 aliphatic rings. The molecule has 0 fully saturated rings. The van der Waals surface area contributed by atoms with Crippen LogP contribution < -0.4 is 4.90 Å². The molecule has 0 N–H and O–H groups in total. The number of rotatable bonds is 5. The Bertz CT molecular complexity index is 2880. The van der Waals surface area contributed by atoms with Crippen molar-refractivity contribution in [2.24, 2.45) is 0 Å². The number of hydrogen-bond donors (Lipinski definition) is 0. The van der Waals surface area contributed by atoms with Gasteiger partial charge in [0.1, 0.15) is 11.2 Å². The fraction of sp³-hybridized carbons (Fsp3) is 0. The summed E-state index contributed by atoms with van der Waals surface area (Å²) in [5.41, 5.74) is 9.65. The quantitative estimate of drug-likeness (QED) is 0.175. The summed E-state index contributed by atoms with van der Waals surface area (Å²) in [4.78, 5) is 2.44. The van der Waals surface area contributed by atoms with Crippen molar-refractivity contribution in [3.8, 4) is 22.3 Å². The van der Waals surface area contributed by atoms with E-state index in [2.05, 4.69) is 193 Å². The monoisotopic (exact) mass is 637 g/mol. The summed E-state index contributed by atoms with van der Waals surface area (Å²) in [6.45, 7) is 0. The summed E-state index contributed by atoms with van der Waals surface area (Å²) in [5.74, 6) is 0. The normalized spacial score (nSPS) is 11.6. The minimum absolute atomic E-state index is 0.862. The van der Waals surface area contributed by atoms with E-state index in [0.29, 0.717) is 0 Å². The molecule has 2 heteroatoms. The van der Waals surface area contributed by atoms with E-state index in [1.165, 1.54) is 43.4 Å². The topological polar surface area (TPSA) is 16.4 Å². The number of anilines is 3. The minimum Gasteiger partial charge on any atom is -0.455 e. The second-order valence-electron chi connectivity index (χ2n) is 12.9. The van der Waals surface area contributed by atoms with Gasteiger partial charge in [-0.3, -0.25) is 0 Å². The first-order valence-corrected chi connectivity index (χ1v) is 17.1. The van der Waals surface area contributed by atoms with Crippen LogP contribution >= 0.6 is 0 Å². The van der Waals surface area contributed by atoms with Crippen molar-refractivity contribution in [1.29, 1.82) is 0 Å². The van der Waals surface area contributed by atoms with Crippen molar-refractivity contribution in [2.45, 2.75) is 0 Å². The number of hydrogen-bond acceptors (Lipinski definition) is 2. The van der Waals surface area contributed by atoms with Gasteiger partial charge in [0.25, 0.3) is 0 Å². The van der Waals surface area contributed by atoms with Gasteiger partial charge < -0.3 is 9.32 Å². The first kappa shape index (κ1) is 28.4. The fourth-order valence-electron chi connectivity index (χ4n) is 7.78. The average molecular weight is 638 g/mol. The molecule has 10 aromatic rings. The van der Waals surface area contributed by atoms with Crippen LogP contribution in [0.4, 0.5) is 17.1 Å². The highest BCUT2D eigenvalue weighted by Gasteiger charge is 2.23. The van der Waals surface area contributed by atoms with Crippen molar-refractivity contribution >= 4 is 71.3 Å². The Morgan fingerprint density at radius 2 is 0.980 bits per heavy atom. The van der Waals surface area contributed by atoms with Crippen LogP contribution in [-0.2, 0) is 0 Å². The van der Waals surface area contributed by atoms with E-state index in [0.717, 1.165) is 50.1 Å². The third-order valence-electron chi connectivity index (χ3n) is 10.0. The Labute approximate surface area is 290 Å². The van der Waals surface area contributed by atoms with Crippen LogP contribution in [0.15, 0.2) is 192 Å². The standard InChI is InChI=1S/C48H31NO/c1-2-14-33(15-3-1)40-26-12-27-43-47-44(28-13-29-46(47)50-48(40)43)49(45-31-35-17-5-7-22-39(35)41-23-8-9-24-42(41)45)36-20-10-19-34(30-36)38-25-11-18-32-16-4-6-21-37(32)38/h1-31H. The lowest BCUT2D eigenvalue weighted by Gasteiger charge is -2.28. The second-order valence-corrected chi connectivity index (χ2v) is 12.9. The molecular weight excluding hydrogens is 607 g/mol. The molecule has 0 aliphatic heterocycles. The number of para-hydroxylation sites is 1. The molecule has 234 valence electrons. The molecule has 0 saturated heterocycles. The summed E-state index contributed by atoms with van der Waals surface area (Å²) >= 11 is 0. The van der Waals surface area contributed by atoms with Gasteiger partial charge in [0, 0.05) is 22.0 Å². The van der Waals surface area contributed by atoms with Gasteiger partial charge in [-0.05, 0) is 74.0 Å². The Hall–Kier alpha value is -6.64. The Kier molecular flexibility index (Phi) is 6.53. The zero-order valence-corrected chi connectivity index (χ0v) is 27.3. The predicted octanol–water partition coefficient (Wildman–Crippen LogP) is 13.8. The van der Waals surface area contributed by atoms with Crippen LogP contribution in [0.3, 0.4) is 0 Å². The molecule has 0 bridgehead atoms. The van der Waals surface area contributed by atoms with E-state index in [9.17, 15) is 0 Å². The molecule has 0 radical (unpaired) electrons. The molecule has 9 aromatic carbocycles. The first-order valence-electron chi connectivity index (χ1n) is 17.1. The summed E-state index contributed by atoms with van der Waals surface area (Å²) in [7, 11) is 0. The molecule has 0 saturated carbocycles. The van der Waals surface area contributed by atoms with Crippen molar-refractivity contribution in [2.75, 3.05) is 4.90 Å². The van der Waals surface area contributed by atoms with Gasteiger partial charge in [-0.2, -0.15) is 0 Å². The van der Waals surface area contributed by atoms with Gasteiger partial charge in [-0.1, -0.05) is 158 Å². The molecular formula is C48H31NO. The zero-order chi connectivity index (χ0) is 33.0. The molecule has 1 aromatic heterocycles. The van der Waals surface area contributed by atoms with Crippen LogP contribution in [-0.4, -0.2) is 0 Å². The maximum absolute atomic E-state index is 6.77. The third kappa shape index (κ3) is 4.50. The van der Waals surface area contributed by atoms with Crippen molar-refractivity contribution < 1.29 is 4.42 Å². The summed E-state index contributed by atoms with van der Waals surface area (Å²) in [5, 5.41) is 9.53. The Balaban J connectivity index is 1.29. The van der Waals surface area contributed by atoms with Crippen molar-refractivity contribution in [3.63, 3.8) is 0 Å². The third-order valence-corrected chi connectivity index (χ3v) is 10.0. The van der Waals surface area contributed by atoms with Crippen LogP contribution in [0.2, 0.25) is 0 Å². The van der Waals surface area contributed by atoms with Crippen LogP contribution in [0.25, 0.3) is 76.5 Å². The highest BCUT2D eigenvalue weighted by Crippen LogP contribution is 2.48. The van der Waals surface area contributed by atoms with Gasteiger partial charge in [-0.15, -0.1) is 0 Å². The molecule has 10 rings (SSSR count). The van der Waals surface area contributed by atoms with Gasteiger partial charge in [-0.25, -0.2) is 0 Å². The van der Waals surface area contributed by atoms with Crippen LogP contribution in [0.1, 0.15) is 0 Å². The van der Waals surface area contributed by atoms with E-state index in [1.54, 1.807) is 0 Å². The van der Waals surface area contributed by atoms with E-state index < -0.39 is 0 Å². The van der Waals surface area contributed by atoms with Gasteiger partial charge in [0.15, 0.2) is 0 Å². The number of benzene rings is 9. The van der Waals surface area contributed by atoms with Gasteiger partial charge >= 0.3 is 0 Å². The van der Waals surface area contributed by atoms with E-state index in [4.69, 9.17) is 4.42 Å². The zero-order valence-electron chi connectivity index (χ0n) is 27.3. The fourth-order valence-corrected chi connectivity index (χ4v) is 7.78. The molecule has 0 unspecified atom stereocenters. The highest BCUT2D eigenvalue weighted by atomic mass is 16.3. The maximum atomic E-state index is 6.77. The molecule has 50 heavy (non-hydrogen) atoms. The highest BCUT2D eigenvalue weighted by molar-refractivity contribution is 6.19. The summed E-state index contributed by atoms with van der Waals surface area (Å²) in [6.07, 6.45) is 0. The first-order chi connectivity index (χ1) is 24.8. The van der Waals surface area contributed by atoms with E-state index >= 15 is 0 Å². The number of fused-ring (bicyclic) bond motifs is 7. The van der Waals surface area contributed by atoms with Crippen molar-refractivity contribution in [3.05, 3.63) is 188 Å². The molecule has 1 heterocycles. The number of nitrogens with zero attached hydrogens (tertiary/aromatic N) is 1. The Morgan fingerprint density at radius 3 is 1.86 bits per heavy atom. The average Bonchev–Trinajstić information content (AvgIpc) is 3.58. The smallest absolute Gasteiger partial charge is 0.143 e. The Morgan fingerprint density at radius 1 is 0.360 bits per heavy atom. The molecule has 0 amide bonds.